The van der Waals surface area contributed by atoms with Crippen LogP contribution in [-0.4, -0.2) is 58.0 Å². The maximum absolute atomic E-state index is 14.6. The maximum Gasteiger partial charge on any atom is 0.264 e. The van der Waals surface area contributed by atoms with Crippen molar-refractivity contribution in [2.75, 3.05) is 25.1 Å². The third-order valence-corrected chi connectivity index (χ3v) is 9.23. The van der Waals surface area contributed by atoms with Gasteiger partial charge in [0, 0.05) is 25.1 Å². The fourth-order valence-corrected chi connectivity index (χ4v) is 6.48. The molecule has 46 heavy (non-hydrogen) atoms. The molecule has 0 unspecified atom stereocenters. The molecule has 1 N–H and O–H groups in total. The van der Waals surface area contributed by atoms with Crippen molar-refractivity contribution >= 4 is 27.5 Å². The highest BCUT2D eigenvalue weighted by Crippen LogP contribution is 2.34. The summed E-state index contributed by atoms with van der Waals surface area (Å²) in [5.74, 6) is -0.169. The molecule has 0 saturated heterocycles. The van der Waals surface area contributed by atoms with E-state index in [0.717, 1.165) is 21.0 Å². The number of carbonyl (C=O) groups excluding carboxylic acids is 2. The van der Waals surface area contributed by atoms with E-state index in [-0.39, 0.29) is 35.5 Å². The Labute approximate surface area is 271 Å². The minimum atomic E-state index is -4.24. The van der Waals surface area contributed by atoms with Crippen LogP contribution in [0.15, 0.2) is 108 Å². The molecule has 0 aromatic heterocycles. The van der Waals surface area contributed by atoms with E-state index in [2.05, 4.69) is 5.32 Å². The van der Waals surface area contributed by atoms with Gasteiger partial charge in [-0.25, -0.2) is 8.42 Å². The highest BCUT2D eigenvalue weighted by Gasteiger charge is 2.35. The lowest BCUT2D eigenvalue weighted by atomic mass is 10.0. The summed E-state index contributed by atoms with van der Waals surface area (Å²) in [5.41, 5.74) is 2.92. The highest BCUT2D eigenvalue weighted by atomic mass is 32.2. The van der Waals surface area contributed by atoms with Gasteiger partial charge in [-0.05, 0) is 56.2 Å². The van der Waals surface area contributed by atoms with Crippen molar-refractivity contribution in [1.82, 2.24) is 10.2 Å². The van der Waals surface area contributed by atoms with Crippen LogP contribution in [0.5, 0.6) is 11.5 Å². The van der Waals surface area contributed by atoms with Crippen molar-refractivity contribution in [3.05, 3.63) is 120 Å². The number of nitrogens with zero attached hydrogens (tertiary/aromatic N) is 2. The van der Waals surface area contributed by atoms with Crippen molar-refractivity contribution in [3.63, 3.8) is 0 Å². The first-order valence-electron chi connectivity index (χ1n) is 15.0. The number of carbonyl (C=O) groups is 2. The second kappa shape index (κ2) is 15.4. The molecule has 242 valence electrons. The van der Waals surface area contributed by atoms with Crippen molar-refractivity contribution < 1.29 is 27.5 Å². The lowest BCUT2D eigenvalue weighted by Gasteiger charge is -2.34. The molecule has 0 spiro atoms. The lowest BCUT2D eigenvalue weighted by molar-refractivity contribution is -0.140. The minimum absolute atomic E-state index is 0.0149. The number of sulfonamides is 1. The van der Waals surface area contributed by atoms with E-state index in [0.29, 0.717) is 11.5 Å². The van der Waals surface area contributed by atoms with E-state index in [1.807, 2.05) is 75.4 Å². The largest absolute Gasteiger partial charge is 0.493 e. The van der Waals surface area contributed by atoms with Crippen LogP contribution in [0, 0.1) is 6.92 Å². The molecule has 10 heteroatoms. The van der Waals surface area contributed by atoms with Crippen LogP contribution in [-0.2, 0) is 32.6 Å². The summed E-state index contributed by atoms with van der Waals surface area (Å²) in [6.45, 7) is 5.20. The summed E-state index contributed by atoms with van der Waals surface area (Å²) in [6, 6.07) is 28.6. The topological polar surface area (TPSA) is 105 Å². The van der Waals surface area contributed by atoms with Gasteiger partial charge in [0.1, 0.15) is 12.6 Å². The third-order valence-electron chi connectivity index (χ3n) is 7.44. The zero-order chi connectivity index (χ0) is 33.3. The molecule has 4 rings (SSSR count). The Bertz CT molecular complexity index is 1710. The van der Waals surface area contributed by atoms with E-state index in [1.54, 1.807) is 30.3 Å². The molecule has 1 atom stereocenters. The molecule has 0 aliphatic carbocycles. The van der Waals surface area contributed by atoms with Crippen molar-refractivity contribution in [1.29, 1.82) is 0 Å². The van der Waals surface area contributed by atoms with Crippen LogP contribution in [0.25, 0.3) is 0 Å². The number of hydrogen-bond acceptors (Lipinski definition) is 6. The molecule has 9 nitrogen and oxygen atoms in total. The highest BCUT2D eigenvalue weighted by molar-refractivity contribution is 7.92. The average Bonchev–Trinajstić information content (AvgIpc) is 3.06. The van der Waals surface area contributed by atoms with Crippen molar-refractivity contribution in [2.24, 2.45) is 0 Å². The summed E-state index contributed by atoms with van der Waals surface area (Å²) < 4.78 is 40.3. The fourth-order valence-electron chi connectivity index (χ4n) is 5.05. The first kappa shape index (κ1) is 34.1. The summed E-state index contributed by atoms with van der Waals surface area (Å²) in [6.07, 6.45) is 0.235. The molecule has 0 aliphatic rings. The Balaban J connectivity index is 1.83. The number of nitrogens with one attached hydrogen (secondary N) is 1. The molecule has 0 heterocycles. The zero-order valence-electron chi connectivity index (χ0n) is 26.8. The Kier molecular flexibility index (Phi) is 11.4. The smallest absolute Gasteiger partial charge is 0.264 e. The molecule has 0 fully saturated rings. The van der Waals surface area contributed by atoms with Crippen LogP contribution in [0.4, 0.5) is 5.69 Å². The van der Waals surface area contributed by atoms with Gasteiger partial charge in [-0.3, -0.25) is 13.9 Å². The first-order valence-corrected chi connectivity index (χ1v) is 16.5. The summed E-state index contributed by atoms with van der Waals surface area (Å²) in [5, 5.41) is 2.97. The van der Waals surface area contributed by atoms with Crippen LogP contribution in [0.1, 0.15) is 30.5 Å². The van der Waals surface area contributed by atoms with E-state index >= 15 is 0 Å². The van der Waals surface area contributed by atoms with Gasteiger partial charge in [-0.1, -0.05) is 78.4 Å². The molecular formula is C36H41N3O6S. The van der Waals surface area contributed by atoms with Gasteiger partial charge in [0.2, 0.25) is 11.8 Å². The fraction of sp³-hybridized carbons (Fsp3) is 0.278. The summed E-state index contributed by atoms with van der Waals surface area (Å²) in [7, 11) is -1.30. The minimum Gasteiger partial charge on any atom is -0.493 e. The van der Waals surface area contributed by atoms with Gasteiger partial charge in [0.25, 0.3) is 10.0 Å². The molecule has 4 aromatic rings. The number of hydrogen-bond donors (Lipinski definition) is 1. The van der Waals surface area contributed by atoms with Gasteiger partial charge in [0.15, 0.2) is 11.5 Å². The van der Waals surface area contributed by atoms with Gasteiger partial charge in [-0.2, -0.15) is 0 Å². The van der Waals surface area contributed by atoms with Crippen LogP contribution >= 0.6 is 0 Å². The number of anilines is 1. The van der Waals surface area contributed by atoms with E-state index in [4.69, 9.17) is 9.47 Å². The molecule has 0 bridgehead atoms. The van der Waals surface area contributed by atoms with Gasteiger partial charge >= 0.3 is 0 Å². The SMILES string of the molecule is COc1ccc(N(CC(=O)N(Cc2ccc(C)cc2)[C@@H](Cc2ccccc2)C(=O)NC(C)C)S(=O)(=O)c2ccccc2)cc1OC. The number of ether oxygens (including phenoxy) is 2. The van der Waals surface area contributed by atoms with Crippen molar-refractivity contribution in [3.8, 4) is 11.5 Å². The Morgan fingerprint density at radius 2 is 1.39 bits per heavy atom. The van der Waals surface area contributed by atoms with Gasteiger partial charge in [-0.15, -0.1) is 0 Å². The average molecular weight is 644 g/mol. The Hall–Kier alpha value is -4.83. The second-order valence-corrected chi connectivity index (χ2v) is 13.1. The molecule has 0 saturated carbocycles. The zero-order valence-corrected chi connectivity index (χ0v) is 27.7. The normalized spacial score (nSPS) is 11.9. The number of rotatable bonds is 14. The second-order valence-electron chi connectivity index (χ2n) is 11.2. The van der Waals surface area contributed by atoms with E-state index in [1.165, 1.54) is 37.3 Å². The van der Waals surface area contributed by atoms with Crippen LogP contribution < -0.4 is 19.1 Å². The van der Waals surface area contributed by atoms with Crippen LogP contribution in [0.3, 0.4) is 0 Å². The van der Waals surface area contributed by atoms with E-state index < -0.39 is 28.5 Å². The Morgan fingerprint density at radius 1 is 0.783 bits per heavy atom. The lowest BCUT2D eigenvalue weighted by Crippen LogP contribution is -2.54. The number of aryl methyl sites for hydroxylation is 1. The number of amides is 2. The number of methoxy groups -OCH3 is 2. The molecule has 2 amide bonds. The van der Waals surface area contributed by atoms with Gasteiger partial charge in [0.05, 0.1) is 24.8 Å². The van der Waals surface area contributed by atoms with E-state index in [9.17, 15) is 18.0 Å². The Morgan fingerprint density at radius 3 is 1.98 bits per heavy atom. The molecule has 4 aromatic carbocycles. The predicted molar refractivity (Wildman–Crippen MR) is 179 cm³/mol. The quantitative estimate of drug-likeness (QED) is 0.198. The number of benzene rings is 4. The van der Waals surface area contributed by atoms with Crippen LogP contribution in [0.2, 0.25) is 0 Å². The first-order chi connectivity index (χ1) is 22.0. The standard InChI is InChI=1S/C36H41N3O6S/c1-26(2)37-36(41)32(22-28-12-8-6-9-13-28)38(24-29-18-16-27(3)17-19-29)35(40)25-39(46(42,43)31-14-10-7-11-15-31)30-20-21-33(44-4)34(23-30)45-5/h6-21,23,26,32H,22,24-25H2,1-5H3,(H,37,41)/t32-/m0/s1. The summed E-state index contributed by atoms with van der Waals surface area (Å²) in [4.78, 5) is 29.9. The van der Waals surface area contributed by atoms with Gasteiger partial charge < -0.3 is 19.7 Å². The molecular weight excluding hydrogens is 602 g/mol. The van der Waals surface area contributed by atoms with Crippen molar-refractivity contribution in [2.45, 2.75) is 50.7 Å². The molecule has 0 aliphatic heterocycles. The molecule has 0 radical (unpaired) electrons. The maximum atomic E-state index is 14.6. The predicted octanol–water partition coefficient (Wildman–Crippen LogP) is 5.37. The third kappa shape index (κ3) is 8.45. The summed E-state index contributed by atoms with van der Waals surface area (Å²) >= 11 is 0. The monoisotopic (exact) mass is 643 g/mol.